The van der Waals surface area contributed by atoms with Gasteiger partial charge in [0.15, 0.2) is 0 Å². The zero-order valence-corrected chi connectivity index (χ0v) is 15.5. The van der Waals surface area contributed by atoms with Gasteiger partial charge in [0.05, 0.1) is 20.2 Å². The lowest BCUT2D eigenvalue weighted by Crippen LogP contribution is -2.36. The molecule has 6 nitrogen and oxygen atoms in total. The number of imidazole rings is 1. The topological polar surface area (TPSA) is 75.2 Å². The summed E-state index contributed by atoms with van der Waals surface area (Å²) in [5.41, 5.74) is 0. The fraction of sp³-hybridized carbons (Fsp3) is 0.786. The van der Waals surface area contributed by atoms with Gasteiger partial charge in [0.25, 0.3) is 5.82 Å². The van der Waals surface area contributed by atoms with Crippen LogP contribution in [0.15, 0.2) is 12.4 Å². The van der Waals surface area contributed by atoms with Crippen LogP contribution in [0.3, 0.4) is 0 Å². The predicted molar refractivity (Wildman–Crippen MR) is 81.1 cm³/mol. The molecule has 0 saturated heterocycles. The Morgan fingerprint density at radius 1 is 1.23 bits per heavy atom. The summed E-state index contributed by atoms with van der Waals surface area (Å²) >= 11 is 0. The Morgan fingerprint density at radius 3 is 2.19 bits per heavy atom. The Balaban J connectivity index is 0.000000502. The Bertz CT molecular complexity index is 644. The molecule has 0 amide bonds. The number of alkyl halides is 5. The minimum absolute atomic E-state index is 0.895. The maximum Gasteiger partial charge on any atom is 0.453 e. The van der Waals surface area contributed by atoms with Gasteiger partial charge in [-0.05, 0) is 12.8 Å². The van der Waals surface area contributed by atoms with E-state index in [9.17, 15) is 34.9 Å². The molecule has 0 aliphatic carbocycles. The smallest absolute Gasteiger partial charge is 0.453 e. The zero-order chi connectivity index (χ0) is 20.6. The second-order valence-electron chi connectivity index (χ2n) is 5.54. The number of aromatic nitrogens is 2. The van der Waals surface area contributed by atoms with Crippen LogP contribution in [0.5, 0.6) is 0 Å². The van der Waals surface area contributed by atoms with Crippen molar-refractivity contribution >= 4 is 10.4 Å². The molecule has 154 valence electrons. The van der Waals surface area contributed by atoms with Crippen LogP contribution in [-0.4, -0.2) is 36.2 Å². The average Bonchev–Trinajstić information content (AvgIpc) is 2.80. The molecule has 1 rings (SSSR count). The summed E-state index contributed by atoms with van der Waals surface area (Å²) in [5.74, 6) is -3.58. The first kappa shape index (κ1) is 24.7. The van der Waals surface area contributed by atoms with Crippen molar-refractivity contribution in [2.24, 2.45) is 7.05 Å². The van der Waals surface area contributed by atoms with Crippen LogP contribution in [0, 0.1) is 6.92 Å². The summed E-state index contributed by atoms with van der Waals surface area (Å²) in [4.78, 5) is 0. The number of hydrogen-bond acceptors (Lipinski definition) is 4. The third kappa shape index (κ3) is 9.43. The lowest BCUT2D eigenvalue weighted by molar-refractivity contribution is -0.677. The third-order valence-electron chi connectivity index (χ3n) is 3.43. The van der Waals surface area contributed by atoms with E-state index in [1.54, 1.807) is 0 Å². The van der Waals surface area contributed by atoms with E-state index in [0.29, 0.717) is 0 Å². The summed E-state index contributed by atoms with van der Waals surface area (Å²) < 4.78 is 96.0. The first-order valence-corrected chi connectivity index (χ1v) is 9.10. The number of halogens is 5. The van der Waals surface area contributed by atoms with Crippen LogP contribution in [0.2, 0.25) is 0 Å². The van der Waals surface area contributed by atoms with Crippen LogP contribution < -0.4 is 4.57 Å². The zero-order valence-electron chi connectivity index (χ0n) is 14.7. The Morgan fingerprint density at radius 2 is 1.81 bits per heavy atom. The SMILES string of the molecule is CCCCn1cc[n+](C)c1C.O=S(=O)([O-])OCCCC(F)(F)C(F)(F)F. The monoisotopic (exact) mass is 410 g/mol. The average molecular weight is 410 g/mol. The van der Waals surface area contributed by atoms with E-state index in [2.05, 4.69) is 46.6 Å². The number of nitrogens with zero attached hydrogens (tertiary/aromatic N) is 2. The molecule has 0 spiro atoms. The number of hydrogen-bond donors (Lipinski definition) is 0. The molecule has 26 heavy (non-hydrogen) atoms. The maximum absolute atomic E-state index is 12.1. The molecule has 0 aliphatic rings. The lowest BCUT2D eigenvalue weighted by atomic mass is 10.2. The van der Waals surface area contributed by atoms with Gasteiger partial charge in [0.1, 0.15) is 12.4 Å². The first-order valence-electron chi connectivity index (χ1n) is 7.77. The van der Waals surface area contributed by atoms with Gasteiger partial charge in [-0.15, -0.1) is 0 Å². The van der Waals surface area contributed by atoms with E-state index in [4.69, 9.17) is 0 Å². The molecule has 0 radical (unpaired) electrons. The normalized spacial score (nSPS) is 12.7. The molecule has 1 heterocycles. The molecule has 0 bridgehead atoms. The van der Waals surface area contributed by atoms with E-state index in [0.717, 1.165) is 6.54 Å². The molecule has 12 heteroatoms. The Kier molecular flexibility index (Phi) is 9.67. The highest BCUT2D eigenvalue weighted by Crippen LogP contribution is 2.38. The summed E-state index contributed by atoms with van der Waals surface area (Å²) in [7, 11) is -2.97. The van der Waals surface area contributed by atoms with E-state index in [1.165, 1.54) is 18.7 Å². The van der Waals surface area contributed by atoms with Crippen LogP contribution >= 0.6 is 0 Å². The second kappa shape index (κ2) is 10.2. The summed E-state index contributed by atoms with van der Waals surface area (Å²) in [6, 6.07) is 0. The highest BCUT2D eigenvalue weighted by molar-refractivity contribution is 7.80. The van der Waals surface area contributed by atoms with E-state index < -0.39 is 41.9 Å². The molecule has 0 aromatic carbocycles. The number of aryl methyl sites for hydroxylation is 2. The van der Waals surface area contributed by atoms with Crippen molar-refractivity contribution in [3.05, 3.63) is 18.2 Å². The summed E-state index contributed by atoms with van der Waals surface area (Å²) in [6.45, 7) is 4.52. The molecule has 0 atom stereocenters. The molecule has 1 aromatic rings. The molecular weight excluding hydrogens is 387 g/mol. The largest absolute Gasteiger partial charge is 0.726 e. The van der Waals surface area contributed by atoms with E-state index >= 15 is 0 Å². The van der Waals surface area contributed by atoms with Crippen LogP contribution in [0.4, 0.5) is 22.0 Å². The third-order valence-corrected chi connectivity index (χ3v) is 3.88. The van der Waals surface area contributed by atoms with E-state index in [1.807, 2.05) is 0 Å². The molecule has 0 aliphatic heterocycles. The fourth-order valence-electron chi connectivity index (χ4n) is 1.76. The fourth-order valence-corrected chi connectivity index (χ4v) is 2.08. The summed E-state index contributed by atoms with van der Waals surface area (Å²) in [5, 5.41) is 0. The highest BCUT2D eigenvalue weighted by Gasteiger charge is 2.56. The van der Waals surface area contributed by atoms with Crippen LogP contribution in [0.1, 0.15) is 38.4 Å². The van der Waals surface area contributed by atoms with Crippen molar-refractivity contribution in [3.63, 3.8) is 0 Å². The van der Waals surface area contributed by atoms with Crippen LogP contribution in [0.25, 0.3) is 0 Å². The molecular formula is C14H23F5N2O4S. The predicted octanol–water partition coefficient (Wildman–Crippen LogP) is 2.86. The molecule has 1 aromatic heterocycles. The number of unbranched alkanes of at least 4 members (excludes halogenated alkanes) is 1. The van der Waals surface area contributed by atoms with Crippen molar-refractivity contribution < 1.29 is 43.7 Å². The van der Waals surface area contributed by atoms with Gasteiger partial charge in [-0.3, -0.25) is 4.18 Å². The summed E-state index contributed by atoms with van der Waals surface area (Å²) in [6.07, 6.45) is -1.43. The van der Waals surface area contributed by atoms with Gasteiger partial charge in [-0.25, -0.2) is 17.6 Å². The Labute approximate surface area is 149 Å². The van der Waals surface area contributed by atoms with Crippen molar-refractivity contribution in [3.8, 4) is 0 Å². The van der Waals surface area contributed by atoms with Crippen molar-refractivity contribution in [1.82, 2.24) is 4.57 Å². The standard InChI is InChI=1S/C9H17N2.C5H7F5O4S/c1-4-5-6-11-8-7-10(3)9(11)2;6-4(7,5(8,9)10)2-1-3-14-15(11,12)13/h7-8H,4-6H2,1-3H3;1-3H2,(H,11,12,13)/q+1;/p-1. The minimum Gasteiger partial charge on any atom is -0.726 e. The maximum atomic E-state index is 12.1. The Hall–Kier alpha value is -1.27. The van der Waals surface area contributed by atoms with Gasteiger partial charge in [-0.1, -0.05) is 13.3 Å². The molecule has 0 N–H and O–H groups in total. The quantitative estimate of drug-likeness (QED) is 0.217. The van der Waals surface area contributed by atoms with Gasteiger partial charge in [-0.2, -0.15) is 22.0 Å². The molecule has 0 saturated carbocycles. The lowest BCUT2D eigenvalue weighted by Gasteiger charge is -2.19. The van der Waals surface area contributed by atoms with Crippen molar-refractivity contribution in [2.45, 2.75) is 58.2 Å². The highest BCUT2D eigenvalue weighted by atomic mass is 32.3. The molecule has 0 fully saturated rings. The van der Waals surface area contributed by atoms with E-state index in [-0.39, 0.29) is 0 Å². The number of rotatable bonds is 8. The van der Waals surface area contributed by atoms with Gasteiger partial charge < -0.3 is 4.55 Å². The van der Waals surface area contributed by atoms with Gasteiger partial charge in [0.2, 0.25) is 10.4 Å². The minimum atomic E-state index is -5.69. The van der Waals surface area contributed by atoms with Crippen molar-refractivity contribution in [1.29, 1.82) is 0 Å². The van der Waals surface area contributed by atoms with Crippen LogP contribution in [-0.2, 0) is 28.2 Å². The van der Waals surface area contributed by atoms with Crippen molar-refractivity contribution in [2.75, 3.05) is 6.61 Å². The first-order chi connectivity index (χ1) is 11.7. The van der Waals surface area contributed by atoms with Gasteiger partial charge in [0, 0.05) is 13.3 Å². The second-order valence-corrected chi connectivity index (χ2v) is 6.59. The molecule has 0 unspecified atom stereocenters. The van der Waals surface area contributed by atoms with Gasteiger partial charge >= 0.3 is 12.1 Å².